The average Bonchev–Trinajstić information content (AvgIpc) is 2.90. The number of thiazole rings is 1. The standard InChI is InChI=1S/C13H19F3N4S/c1-2-17-7-10-11(13(14,15)16)18-12(21-10)9-8-19-3-5-20(9)6-4-19/h9,17H,2-8H2,1H3. The molecule has 1 N–H and O–H groups in total. The number of fused-ring (bicyclic) bond motifs is 3. The Labute approximate surface area is 125 Å². The van der Waals surface area contributed by atoms with Gasteiger partial charge in [-0.15, -0.1) is 11.3 Å². The van der Waals surface area contributed by atoms with E-state index in [0.717, 1.165) is 32.7 Å². The first kappa shape index (κ1) is 15.2. The smallest absolute Gasteiger partial charge is 0.312 e. The molecule has 1 unspecified atom stereocenters. The molecule has 0 aliphatic carbocycles. The van der Waals surface area contributed by atoms with Gasteiger partial charge in [-0.3, -0.25) is 9.80 Å². The summed E-state index contributed by atoms with van der Waals surface area (Å²) in [5.74, 6) is 0. The summed E-state index contributed by atoms with van der Waals surface area (Å²) in [6.07, 6.45) is -4.37. The summed E-state index contributed by atoms with van der Waals surface area (Å²) in [7, 11) is 0. The Morgan fingerprint density at radius 1 is 1.29 bits per heavy atom. The number of piperazine rings is 3. The first-order valence-electron chi connectivity index (χ1n) is 7.23. The minimum absolute atomic E-state index is 0.0222. The second kappa shape index (κ2) is 5.83. The van der Waals surface area contributed by atoms with Crippen molar-refractivity contribution in [1.82, 2.24) is 20.1 Å². The minimum Gasteiger partial charge on any atom is -0.312 e. The molecule has 0 aromatic carbocycles. The summed E-state index contributed by atoms with van der Waals surface area (Å²) in [6, 6.07) is 0.0222. The Bertz CT molecular complexity index is 494. The van der Waals surface area contributed by atoms with Gasteiger partial charge in [-0.2, -0.15) is 13.2 Å². The van der Waals surface area contributed by atoms with E-state index in [0.29, 0.717) is 16.4 Å². The Morgan fingerprint density at radius 3 is 2.52 bits per heavy atom. The van der Waals surface area contributed by atoms with Gasteiger partial charge in [0.05, 0.1) is 10.9 Å². The van der Waals surface area contributed by atoms with Gasteiger partial charge >= 0.3 is 6.18 Å². The molecule has 8 heteroatoms. The summed E-state index contributed by atoms with van der Waals surface area (Å²) in [4.78, 5) is 8.83. The van der Waals surface area contributed by atoms with Gasteiger partial charge in [0.15, 0.2) is 5.69 Å². The summed E-state index contributed by atoms with van der Waals surface area (Å²) in [5.41, 5.74) is -0.707. The van der Waals surface area contributed by atoms with Crippen LogP contribution in [0.1, 0.15) is 28.5 Å². The van der Waals surface area contributed by atoms with Crippen molar-refractivity contribution in [2.75, 3.05) is 39.3 Å². The topological polar surface area (TPSA) is 31.4 Å². The van der Waals surface area contributed by atoms with Crippen LogP contribution in [0.4, 0.5) is 13.2 Å². The van der Waals surface area contributed by atoms with Gasteiger partial charge in [-0.25, -0.2) is 4.98 Å². The predicted octanol–water partition coefficient (Wildman–Crippen LogP) is 1.94. The molecule has 4 heterocycles. The van der Waals surface area contributed by atoms with Gasteiger partial charge in [0.2, 0.25) is 0 Å². The summed E-state index contributed by atoms with van der Waals surface area (Å²) < 4.78 is 39.4. The lowest BCUT2D eigenvalue weighted by Gasteiger charge is -2.46. The Hall–Kier alpha value is -0.700. The highest BCUT2D eigenvalue weighted by Crippen LogP contribution is 2.38. The molecular formula is C13H19F3N4S. The predicted molar refractivity (Wildman–Crippen MR) is 75.3 cm³/mol. The van der Waals surface area contributed by atoms with Crippen LogP contribution in [-0.2, 0) is 12.7 Å². The van der Waals surface area contributed by atoms with Crippen molar-refractivity contribution in [2.24, 2.45) is 0 Å². The van der Waals surface area contributed by atoms with Crippen molar-refractivity contribution in [3.63, 3.8) is 0 Å². The van der Waals surface area contributed by atoms with E-state index in [2.05, 4.69) is 20.1 Å². The monoisotopic (exact) mass is 320 g/mol. The molecule has 21 heavy (non-hydrogen) atoms. The number of alkyl halides is 3. The molecule has 3 fully saturated rings. The molecule has 0 radical (unpaired) electrons. The zero-order valence-electron chi connectivity index (χ0n) is 11.9. The molecule has 2 bridgehead atoms. The van der Waals surface area contributed by atoms with Crippen LogP contribution in [0.3, 0.4) is 0 Å². The summed E-state index contributed by atoms with van der Waals surface area (Å²) in [6.45, 7) is 7.44. The van der Waals surface area contributed by atoms with E-state index >= 15 is 0 Å². The van der Waals surface area contributed by atoms with E-state index in [1.54, 1.807) is 0 Å². The maximum absolute atomic E-state index is 13.1. The lowest BCUT2D eigenvalue weighted by Crippen LogP contribution is -2.56. The molecule has 1 atom stereocenters. The largest absolute Gasteiger partial charge is 0.434 e. The highest BCUT2D eigenvalue weighted by atomic mass is 32.1. The van der Waals surface area contributed by atoms with E-state index < -0.39 is 11.9 Å². The molecule has 3 saturated heterocycles. The van der Waals surface area contributed by atoms with Gasteiger partial charge in [-0.05, 0) is 6.54 Å². The Kier molecular flexibility index (Phi) is 4.22. The first-order chi connectivity index (χ1) is 9.99. The molecule has 1 aromatic heterocycles. The quantitative estimate of drug-likeness (QED) is 0.919. The fourth-order valence-corrected chi connectivity index (χ4v) is 4.13. The molecule has 4 nitrogen and oxygen atoms in total. The molecule has 0 amide bonds. The third-order valence-electron chi connectivity index (χ3n) is 4.08. The number of nitrogens with zero attached hydrogens (tertiary/aromatic N) is 3. The number of nitrogens with one attached hydrogen (secondary N) is 1. The van der Waals surface area contributed by atoms with E-state index in [4.69, 9.17) is 0 Å². The number of aromatic nitrogens is 1. The number of rotatable bonds is 4. The van der Waals surface area contributed by atoms with Gasteiger partial charge in [-0.1, -0.05) is 6.92 Å². The van der Waals surface area contributed by atoms with Crippen molar-refractivity contribution >= 4 is 11.3 Å². The van der Waals surface area contributed by atoms with E-state index in [-0.39, 0.29) is 12.6 Å². The van der Waals surface area contributed by atoms with Crippen LogP contribution >= 0.6 is 11.3 Å². The van der Waals surface area contributed by atoms with Crippen LogP contribution in [0.25, 0.3) is 0 Å². The van der Waals surface area contributed by atoms with Crippen LogP contribution < -0.4 is 5.32 Å². The zero-order valence-corrected chi connectivity index (χ0v) is 12.7. The number of hydrogen-bond acceptors (Lipinski definition) is 5. The maximum Gasteiger partial charge on any atom is 0.434 e. The van der Waals surface area contributed by atoms with Gasteiger partial charge in [0.1, 0.15) is 5.01 Å². The highest BCUT2D eigenvalue weighted by Gasteiger charge is 2.40. The molecule has 0 spiro atoms. The van der Waals surface area contributed by atoms with Gasteiger partial charge < -0.3 is 5.32 Å². The van der Waals surface area contributed by atoms with E-state index in [1.165, 1.54) is 11.3 Å². The van der Waals surface area contributed by atoms with Crippen LogP contribution in [0.2, 0.25) is 0 Å². The molecule has 4 rings (SSSR count). The molecule has 3 aliphatic rings. The van der Waals surface area contributed by atoms with Crippen LogP contribution in [0, 0.1) is 0 Å². The first-order valence-corrected chi connectivity index (χ1v) is 8.04. The van der Waals surface area contributed by atoms with Crippen LogP contribution in [-0.4, -0.2) is 54.1 Å². The number of halogens is 3. The highest BCUT2D eigenvalue weighted by molar-refractivity contribution is 7.11. The zero-order chi connectivity index (χ0) is 15.0. The van der Waals surface area contributed by atoms with E-state index in [1.807, 2.05) is 6.92 Å². The second-order valence-electron chi connectivity index (χ2n) is 5.45. The molecular weight excluding hydrogens is 301 g/mol. The van der Waals surface area contributed by atoms with Gasteiger partial charge in [0, 0.05) is 39.3 Å². The van der Waals surface area contributed by atoms with Crippen molar-refractivity contribution in [1.29, 1.82) is 0 Å². The van der Waals surface area contributed by atoms with Crippen molar-refractivity contribution < 1.29 is 13.2 Å². The normalized spacial score (nSPS) is 29.0. The SMILES string of the molecule is CCNCc1sc(C2CN3CCN2CC3)nc1C(F)(F)F. The Balaban J connectivity index is 1.87. The lowest BCUT2D eigenvalue weighted by atomic mass is 10.1. The van der Waals surface area contributed by atoms with Gasteiger partial charge in [0.25, 0.3) is 0 Å². The second-order valence-corrected chi connectivity index (χ2v) is 6.57. The Morgan fingerprint density at radius 2 is 2.00 bits per heavy atom. The molecule has 1 aromatic rings. The third kappa shape index (κ3) is 3.08. The van der Waals surface area contributed by atoms with Crippen molar-refractivity contribution in [3.05, 3.63) is 15.6 Å². The summed E-state index contributed by atoms with van der Waals surface area (Å²) in [5, 5.41) is 3.58. The van der Waals surface area contributed by atoms with Crippen LogP contribution in [0.5, 0.6) is 0 Å². The molecule has 3 aliphatic heterocycles. The average molecular weight is 320 g/mol. The van der Waals surface area contributed by atoms with Crippen molar-refractivity contribution in [2.45, 2.75) is 25.7 Å². The fraction of sp³-hybridized carbons (Fsp3) is 0.769. The molecule has 0 saturated carbocycles. The van der Waals surface area contributed by atoms with Crippen LogP contribution in [0.15, 0.2) is 0 Å². The van der Waals surface area contributed by atoms with E-state index in [9.17, 15) is 13.2 Å². The molecule has 118 valence electrons. The maximum atomic E-state index is 13.1. The minimum atomic E-state index is -4.37. The number of hydrogen-bond donors (Lipinski definition) is 1. The van der Waals surface area contributed by atoms with Crippen molar-refractivity contribution in [3.8, 4) is 0 Å². The fourth-order valence-electron chi connectivity index (χ4n) is 2.94. The lowest BCUT2D eigenvalue weighted by molar-refractivity contribution is -0.141. The summed E-state index contributed by atoms with van der Waals surface area (Å²) >= 11 is 1.21. The third-order valence-corrected chi connectivity index (χ3v) is 5.24.